The van der Waals surface area contributed by atoms with E-state index in [0.717, 1.165) is 77.2 Å². The zero-order valence-electron chi connectivity index (χ0n) is 45.5. The van der Waals surface area contributed by atoms with Crippen molar-refractivity contribution in [3.05, 3.63) is 285 Å². The van der Waals surface area contributed by atoms with Crippen LogP contribution in [-0.2, 0) is 0 Å². The molecule has 12 aromatic carbocycles. The van der Waals surface area contributed by atoms with Crippen molar-refractivity contribution in [3.8, 4) is 77.9 Å². The molecule has 12 aromatic rings. The first-order valence-corrected chi connectivity index (χ1v) is 23.1. The van der Waals surface area contributed by atoms with Crippen LogP contribution in [-0.4, -0.2) is 0 Å². The summed E-state index contributed by atoms with van der Waals surface area (Å²) in [7, 11) is 0. The second kappa shape index (κ2) is 18.3. The lowest BCUT2D eigenvalue weighted by Gasteiger charge is -2.27. The highest BCUT2D eigenvalue weighted by Gasteiger charge is 2.20. The van der Waals surface area contributed by atoms with Crippen molar-refractivity contribution in [1.29, 1.82) is 0 Å². The molecule has 0 unspecified atom stereocenters. The predicted octanol–water partition coefficient (Wildman–Crippen LogP) is 19.1. The molecular weight excluding hydrogens is 831 g/mol. The summed E-state index contributed by atoms with van der Waals surface area (Å²) in [5.74, 6) is 0. The fraction of sp³-hybridized carbons (Fsp3) is 0. The van der Waals surface area contributed by atoms with E-state index in [1.54, 1.807) is 18.2 Å². The van der Waals surface area contributed by atoms with E-state index in [9.17, 15) is 11.0 Å². The van der Waals surface area contributed by atoms with E-state index >= 15 is 0 Å². The molecule has 0 atom stereocenters. The minimum atomic E-state index is -0.416. The van der Waals surface area contributed by atoms with Crippen molar-refractivity contribution in [3.63, 3.8) is 0 Å². The maximum atomic E-state index is 9.95. The molecule has 0 amide bonds. The fourth-order valence-electron chi connectivity index (χ4n) is 9.54. The Morgan fingerprint density at radius 3 is 1.17 bits per heavy atom. The van der Waals surface area contributed by atoms with Crippen LogP contribution in [0, 0.1) is 0 Å². The molecule has 0 heterocycles. The van der Waals surface area contributed by atoms with E-state index in [0.29, 0.717) is 16.8 Å². The Morgan fingerprint density at radius 2 is 0.594 bits per heavy atom. The summed E-state index contributed by atoms with van der Waals surface area (Å²) in [6, 6.07) is 74.0. The van der Waals surface area contributed by atoms with E-state index in [-0.39, 0.29) is 46.7 Å². The van der Waals surface area contributed by atoms with Crippen LogP contribution in [0.5, 0.6) is 0 Å². The predicted molar refractivity (Wildman–Crippen MR) is 294 cm³/mol. The van der Waals surface area contributed by atoms with Gasteiger partial charge in [-0.2, -0.15) is 0 Å². The average Bonchev–Trinajstić information content (AvgIpc) is 3.53. The molecule has 69 heavy (non-hydrogen) atoms. The number of anilines is 3. The first kappa shape index (κ1) is 33.4. The molecule has 0 aliphatic heterocycles. The molecule has 0 saturated heterocycles. The minimum absolute atomic E-state index is 0.0909. The Balaban J connectivity index is 1.12. The third-order valence-electron chi connectivity index (χ3n) is 12.8. The zero-order chi connectivity index (χ0) is 52.9. The minimum Gasteiger partial charge on any atom is -0.310 e. The molecular formula is C68H47N. The summed E-state index contributed by atoms with van der Waals surface area (Å²) < 4.78 is 78.7. The third kappa shape index (κ3) is 8.07. The Morgan fingerprint density at radius 1 is 0.217 bits per heavy atom. The van der Waals surface area contributed by atoms with E-state index in [2.05, 4.69) is 60.7 Å². The van der Waals surface area contributed by atoms with Crippen molar-refractivity contribution in [1.82, 2.24) is 0 Å². The monoisotopic (exact) mass is 885 g/mol. The van der Waals surface area contributed by atoms with Crippen molar-refractivity contribution in [2.24, 2.45) is 0 Å². The highest BCUT2D eigenvalue weighted by atomic mass is 15.1. The lowest BCUT2D eigenvalue weighted by Crippen LogP contribution is -2.10. The first-order chi connectivity index (χ1) is 37.6. The lowest BCUT2D eigenvalue weighted by atomic mass is 9.84. The maximum Gasteiger partial charge on any atom is 0.0645 e. The Labute approximate surface area is 415 Å². The first-order valence-electron chi connectivity index (χ1n) is 27.1. The number of hydrogen-bond donors (Lipinski definition) is 0. The van der Waals surface area contributed by atoms with Crippen molar-refractivity contribution in [2.75, 3.05) is 4.90 Å². The van der Waals surface area contributed by atoms with Gasteiger partial charge in [0.1, 0.15) is 0 Å². The highest BCUT2D eigenvalue weighted by Crippen LogP contribution is 2.47. The number of benzene rings is 12. The van der Waals surface area contributed by atoms with E-state index in [1.165, 1.54) is 4.90 Å². The van der Waals surface area contributed by atoms with Gasteiger partial charge in [-0.1, -0.05) is 243 Å². The molecule has 0 fully saturated rings. The van der Waals surface area contributed by atoms with Crippen molar-refractivity contribution < 1.29 is 11.0 Å². The van der Waals surface area contributed by atoms with Gasteiger partial charge in [0.25, 0.3) is 0 Å². The summed E-state index contributed by atoms with van der Waals surface area (Å²) in [6.45, 7) is 0. The third-order valence-corrected chi connectivity index (χ3v) is 12.8. The molecule has 0 saturated carbocycles. The quantitative estimate of drug-likeness (QED) is 0.124. The van der Waals surface area contributed by atoms with Gasteiger partial charge < -0.3 is 4.90 Å². The molecule has 0 N–H and O–H groups in total. The van der Waals surface area contributed by atoms with Crippen molar-refractivity contribution in [2.45, 2.75) is 0 Å². The number of hydrogen-bond acceptors (Lipinski definition) is 1. The molecule has 12 rings (SSSR count). The van der Waals surface area contributed by atoms with Crippen LogP contribution < -0.4 is 4.90 Å². The summed E-state index contributed by atoms with van der Waals surface area (Å²) in [4.78, 5) is 1.40. The Hall–Kier alpha value is -9.04. The van der Waals surface area contributed by atoms with Gasteiger partial charge in [-0.3, -0.25) is 0 Å². The Bertz CT molecular complexity index is 4180. The SMILES string of the molecule is [2H]c1c([2H])c(N(c2cccc(-c3c(-c4ccc(-c5ccccc5)cc4)c4ccccc4c4ccccc34)c2)c2c([2H])c([2H])c(-c3ccccc3-c3ccccc3)c([2H])c2[2H])c([2H])c([2H])c1-c1cccc(-c2ccccc2)c1. The number of fused-ring (bicyclic) bond motifs is 3. The molecule has 0 radical (unpaired) electrons. The maximum absolute atomic E-state index is 9.95. The van der Waals surface area contributed by atoms with Crippen LogP contribution >= 0.6 is 0 Å². The molecule has 1 heteroatoms. The van der Waals surface area contributed by atoms with Gasteiger partial charge in [0, 0.05) is 17.1 Å². The topological polar surface area (TPSA) is 3.24 Å². The van der Waals surface area contributed by atoms with Crippen LogP contribution in [0.1, 0.15) is 11.0 Å². The van der Waals surface area contributed by atoms with Gasteiger partial charge in [0.15, 0.2) is 0 Å². The van der Waals surface area contributed by atoms with Gasteiger partial charge in [-0.05, 0) is 142 Å². The molecule has 0 bridgehead atoms. The summed E-state index contributed by atoms with van der Waals surface area (Å²) in [5, 5.41) is 4.09. The van der Waals surface area contributed by atoms with E-state index in [1.807, 2.05) is 158 Å². The van der Waals surface area contributed by atoms with Gasteiger partial charge >= 0.3 is 0 Å². The second-order valence-corrected chi connectivity index (χ2v) is 17.0. The average molecular weight is 886 g/mol. The van der Waals surface area contributed by atoms with Crippen molar-refractivity contribution >= 4 is 38.6 Å². The number of nitrogens with zero attached hydrogens (tertiary/aromatic N) is 1. The van der Waals surface area contributed by atoms with Gasteiger partial charge in [0.05, 0.1) is 11.0 Å². The van der Waals surface area contributed by atoms with Crippen LogP contribution in [0.15, 0.2) is 285 Å². The molecule has 0 spiro atoms. The largest absolute Gasteiger partial charge is 0.310 e. The molecule has 0 aromatic heterocycles. The second-order valence-electron chi connectivity index (χ2n) is 17.0. The van der Waals surface area contributed by atoms with Gasteiger partial charge in [-0.15, -0.1) is 0 Å². The summed E-state index contributed by atoms with van der Waals surface area (Å²) in [6.07, 6.45) is 0. The molecule has 1 nitrogen and oxygen atoms in total. The smallest absolute Gasteiger partial charge is 0.0645 e. The van der Waals surface area contributed by atoms with Gasteiger partial charge in [0.2, 0.25) is 0 Å². The van der Waals surface area contributed by atoms with Crippen LogP contribution in [0.2, 0.25) is 0 Å². The van der Waals surface area contributed by atoms with Gasteiger partial charge in [-0.25, -0.2) is 0 Å². The van der Waals surface area contributed by atoms with E-state index < -0.39 is 24.2 Å². The lowest BCUT2D eigenvalue weighted by molar-refractivity contribution is 1.28. The number of rotatable bonds is 10. The molecule has 0 aliphatic carbocycles. The highest BCUT2D eigenvalue weighted by molar-refractivity contribution is 6.21. The van der Waals surface area contributed by atoms with E-state index in [4.69, 9.17) is 0 Å². The van der Waals surface area contributed by atoms with Crippen LogP contribution in [0.4, 0.5) is 17.1 Å². The standard InChI is InChI=1S/C68H47N/c1-4-18-48(19-5-1)50-34-36-54(37-35-50)67-65-32-14-12-30-63(65)64-31-13-15-33-66(64)68(67)57-26-17-27-60(47-57)69(58-42-38-51(39-43-58)56-25-16-24-55(46-56)49-20-6-2-7-21-49)59-44-40-53(41-45-59)62-29-11-10-28-61(62)52-22-8-3-9-23-52/h1-47H/i38D,39D,40D,41D,42D,43D,44D,45D. The normalized spacial score (nSPS) is 12.8. The van der Waals surface area contributed by atoms with Crippen LogP contribution in [0.3, 0.4) is 0 Å². The summed E-state index contributed by atoms with van der Waals surface area (Å²) in [5.41, 5.74) is 10.1. The molecule has 324 valence electrons. The fourth-order valence-corrected chi connectivity index (χ4v) is 9.54. The molecule has 0 aliphatic rings. The van der Waals surface area contributed by atoms with Crippen LogP contribution in [0.25, 0.3) is 99.4 Å². The summed E-state index contributed by atoms with van der Waals surface area (Å²) >= 11 is 0. The Kier molecular flexibility index (Phi) is 8.88. The zero-order valence-corrected chi connectivity index (χ0v) is 37.5.